The highest BCUT2D eigenvalue weighted by atomic mass is 35.5. The number of halogens is 1. The largest absolute Gasteiger partial charge is 0.496 e. The topological polar surface area (TPSA) is 54.8 Å². The highest BCUT2D eigenvalue weighted by molar-refractivity contribution is 6.30. The van der Waals surface area contributed by atoms with E-state index < -0.39 is 0 Å². The maximum atomic E-state index is 12.6. The Labute approximate surface area is 203 Å². The van der Waals surface area contributed by atoms with Gasteiger partial charge in [-0.25, -0.2) is 5.01 Å². The lowest BCUT2D eigenvalue weighted by molar-refractivity contribution is -0.130. The third-order valence-electron chi connectivity index (χ3n) is 6.23. The molecule has 0 radical (unpaired) electrons. The van der Waals surface area contributed by atoms with E-state index >= 15 is 0 Å². The molecule has 5 nitrogen and oxygen atoms in total. The first-order chi connectivity index (χ1) is 16.5. The lowest BCUT2D eigenvalue weighted by Crippen LogP contribution is -2.24. The number of carbonyl (C=O) groups is 1. The van der Waals surface area contributed by atoms with Crippen LogP contribution in [0.25, 0.3) is 22.0 Å². The number of hydrogen-bond acceptors (Lipinski definition) is 4. The van der Waals surface area contributed by atoms with Gasteiger partial charge in [-0.15, -0.1) is 0 Å². The number of para-hydroxylation sites is 2. The minimum Gasteiger partial charge on any atom is -0.496 e. The Morgan fingerprint density at radius 2 is 1.71 bits per heavy atom. The average molecular weight is 470 g/mol. The van der Waals surface area contributed by atoms with E-state index in [2.05, 4.69) is 6.07 Å². The highest BCUT2D eigenvalue weighted by Gasteiger charge is 2.35. The predicted molar refractivity (Wildman–Crippen MR) is 136 cm³/mol. The van der Waals surface area contributed by atoms with Crippen molar-refractivity contribution in [1.82, 2.24) is 9.99 Å². The monoisotopic (exact) mass is 469 g/mol. The second-order valence-electron chi connectivity index (χ2n) is 8.34. The summed E-state index contributed by atoms with van der Waals surface area (Å²) in [5.41, 5.74) is 6.56. The summed E-state index contributed by atoms with van der Waals surface area (Å²) < 4.78 is 5.60. The number of amides is 1. The van der Waals surface area contributed by atoms with Gasteiger partial charge in [0.2, 0.25) is 5.91 Å². The summed E-state index contributed by atoms with van der Waals surface area (Å²) in [6, 6.07) is 23.4. The quantitative estimate of drug-likeness (QED) is 0.339. The van der Waals surface area contributed by atoms with E-state index in [1.165, 1.54) is 0 Å². The molecule has 0 fully saturated rings. The molecule has 170 valence electrons. The van der Waals surface area contributed by atoms with E-state index in [1.54, 1.807) is 19.0 Å². The Kier molecular flexibility index (Phi) is 5.80. The highest BCUT2D eigenvalue weighted by Crippen LogP contribution is 2.41. The number of aromatic nitrogens is 1. The Morgan fingerprint density at radius 3 is 2.44 bits per heavy atom. The first kappa shape index (κ1) is 22.1. The third kappa shape index (κ3) is 3.82. The van der Waals surface area contributed by atoms with Crippen molar-refractivity contribution in [2.45, 2.75) is 26.3 Å². The standard InChI is InChI=1S/C28H24ClN3O2/c1-17-27(24-16-25(32(31-24)18(2)33)22-9-5-7-11-26(22)34-3)28(19-12-14-20(29)15-13-19)21-8-4-6-10-23(21)30-17/h4-15,25H,16H2,1-3H3. The van der Waals surface area contributed by atoms with Gasteiger partial charge in [-0.2, -0.15) is 5.10 Å². The van der Waals surface area contributed by atoms with Crippen molar-refractivity contribution in [1.29, 1.82) is 0 Å². The van der Waals surface area contributed by atoms with Crippen LogP contribution in [0.1, 0.15) is 36.2 Å². The second kappa shape index (κ2) is 8.92. The molecule has 0 saturated heterocycles. The summed E-state index contributed by atoms with van der Waals surface area (Å²) >= 11 is 6.19. The number of benzene rings is 3. The van der Waals surface area contributed by atoms with Crippen molar-refractivity contribution in [2.24, 2.45) is 5.10 Å². The summed E-state index contributed by atoms with van der Waals surface area (Å²) in [5.74, 6) is 0.617. The molecule has 0 saturated carbocycles. The minimum absolute atomic E-state index is 0.120. The lowest BCUT2D eigenvalue weighted by Gasteiger charge is -2.22. The Morgan fingerprint density at radius 1 is 1.00 bits per heavy atom. The van der Waals surface area contributed by atoms with E-state index in [0.717, 1.165) is 50.3 Å². The molecule has 0 spiro atoms. The van der Waals surface area contributed by atoms with Gasteiger partial charge in [0.1, 0.15) is 5.75 Å². The summed E-state index contributed by atoms with van der Waals surface area (Å²) in [6.07, 6.45) is 0.557. The zero-order valence-electron chi connectivity index (χ0n) is 19.2. The molecule has 2 heterocycles. The molecule has 34 heavy (non-hydrogen) atoms. The Hall–Kier alpha value is -3.70. The molecule has 1 aliphatic rings. The molecule has 0 bridgehead atoms. The van der Waals surface area contributed by atoms with Crippen molar-refractivity contribution in [2.75, 3.05) is 7.11 Å². The van der Waals surface area contributed by atoms with Crippen molar-refractivity contribution >= 4 is 34.1 Å². The molecular weight excluding hydrogens is 446 g/mol. The number of carbonyl (C=O) groups excluding carboxylic acids is 1. The molecule has 1 aliphatic heterocycles. The molecule has 6 heteroatoms. The van der Waals surface area contributed by atoms with Gasteiger partial charge in [0.15, 0.2) is 0 Å². The molecule has 4 aromatic rings. The van der Waals surface area contributed by atoms with E-state index in [0.29, 0.717) is 11.4 Å². The van der Waals surface area contributed by atoms with Crippen LogP contribution in [0.15, 0.2) is 77.9 Å². The molecular formula is C28H24ClN3O2. The first-order valence-corrected chi connectivity index (χ1v) is 11.5. The van der Waals surface area contributed by atoms with Gasteiger partial charge < -0.3 is 4.74 Å². The van der Waals surface area contributed by atoms with Gasteiger partial charge in [0.25, 0.3) is 0 Å². The fraction of sp³-hybridized carbons (Fsp3) is 0.179. The van der Waals surface area contributed by atoms with Crippen molar-refractivity contribution in [3.05, 3.63) is 94.6 Å². The van der Waals surface area contributed by atoms with Gasteiger partial charge in [-0.1, -0.05) is 60.1 Å². The van der Waals surface area contributed by atoms with Crippen LogP contribution < -0.4 is 4.74 Å². The van der Waals surface area contributed by atoms with Gasteiger partial charge in [0.05, 0.1) is 24.4 Å². The summed E-state index contributed by atoms with van der Waals surface area (Å²) in [6.45, 7) is 3.54. The SMILES string of the molecule is COc1ccccc1C1CC(c2c(C)nc3ccccc3c2-c2ccc(Cl)cc2)=NN1C(C)=O. The Balaban J connectivity index is 1.72. The third-order valence-corrected chi connectivity index (χ3v) is 6.48. The fourth-order valence-electron chi connectivity index (χ4n) is 4.74. The van der Waals surface area contributed by atoms with Gasteiger partial charge in [-0.3, -0.25) is 9.78 Å². The summed E-state index contributed by atoms with van der Waals surface area (Å²) in [7, 11) is 1.64. The van der Waals surface area contributed by atoms with Crippen LogP contribution in [-0.4, -0.2) is 28.7 Å². The van der Waals surface area contributed by atoms with Crippen LogP contribution in [0.3, 0.4) is 0 Å². The fourth-order valence-corrected chi connectivity index (χ4v) is 4.87. The van der Waals surface area contributed by atoms with Gasteiger partial charge in [-0.05, 0) is 36.8 Å². The molecule has 1 unspecified atom stereocenters. The number of hydrazone groups is 1. The van der Waals surface area contributed by atoms with Crippen LogP contribution in [0.2, 0.25) is 5.02 Å². The normalized spacial score (nSPS) is 15.5. The molecule has 1 atom stereocenters. The maximum absolute atomic E-state index is 12.6. The smallest absolute Gasteiger partial charge is 0.240 e. The molecule has 5 rings (SSSR count). The number of fused-ring (bicyclic) bond motifs is 1. The molecule has 0 N–H and O–H groups in total. The van der Waals surface area contributed by atoms with E-state index in [-0.39, 0.29) is 11.9 Å². The van der Waals surface area contributed by atoms with Crippen LogP contribution in [0.5, 0.6) is 5.75 Å². The lowest BCUT2D eigenvalue weighted by atomic mass is 9.89. The van der Waals surface area contributed by atoms with Crippen LogP contribution in [0.4, 0.5) is 0 Å². The number of rotatable bonds is 4. The number of ether oxygens (including phenoxy) is 1. The van der Waals surface area contributed by atoms with Crippen LogP contribution >= 0.6 is 11.6 Å². The summed E-state index contributed by atoms with van der Waals surface area (Å²) in [5, 5.41) is 8.11. The molecule has 1 amide bonds. The first-order valence-electron chi connectivity index (χ1n) is 11.1. The number of nitrogens with zero attached hydrogens (tertiary/aromatic N) is 3. The van der Waals surface area contributed by atoms with E-state index in [1.807, 2.05) is 73.7 Å². The van der Waals surface area contributed by atoms with E-state index in [9.17, 15) is 4.79 Å². The van der Waals surface area contributed by atoms with E-state index in [4.69, 9.17) is 26.4 Å². The molecule has 0 aliphatic carbocycles. The number of pyridine rings is 1. The van der Waals surface area contributed by atoms with Crippen molar-refractivity contribution in [3.63, 3.8) is 0 Å². The van der Waals surface area contributed by atoms with Crippen LogP contribution in [0, 0.1) is 6.92 Å². The summed E-state index contributed by atoms with van der Waals surface area (Å²) in [4.78, 5) is 17.5. The van der Waals surface area contributed by atoms with Gasteiger partial charge >= 0.3 is 0 Å². The van der Waals surface area contributed by atoms with Crippen molar-refractivity contribution < 1.29 is 9.53 Å². The average Bonchev–Trinajstić information content (AvgIpc) is 3.29. The zero-order chi connectivity index (χ0) is 23.8. The predicted octanol–water partition coefficient (Wildman–Crippen LogP) is 6.57. The second-order valence-corrected chi connectivity index (χ2v) is 8.78. The number of aryl methyl sites for hydroxylation is 1. The molecule has 3 aromatic carbocycles. The molecule has 1 aromatic heterocycles. The van der Waals surface area contributed by atoms with Gasteiger partial charge in [0, 0.05) is 46.1 Å². The Bertz CT molecular complexity index is 1430. The van der Waals surface area contributed by atoms with Crippen LogP contribution in [-0.2, 0) is 4.79 Å². The number of hydrogen-bond donors (Lipinski definition) is 0. The maximum Gasteiger partial charge on any atom is 0.240 e. The van der Waals surface area contributed by atoms with Crippen molar-refractivity contribution in [3.8, 4) is 16.9 Å². The zero-order valence-corrected chi connectivity index (χ0v) is 20.0. The number of methoxy groups -OCH3 is 1. The minimum atomic E-state index is -0.257.